The number of anilines is 2. The highest BCUT2D eigenvalue weighted by Gasteiger charge is 2.30. The molecule has 138 valence electrons. The minimum absolute atomic E-state index is 0.140. The van der Waals surface area contributed by atoms with E-state index in [0.29, 0.717) is 23.2 Å². The Morgan fingerprint density at radius 3 is 2.59 bits per heavy atom. The summed E-state index contributed by atoms with van der Waals surface area (Å²) in [6.45, 7) is 1.31. The molecule has 0 spiro atoms. The van der Waals surface area contributed by atoms with Gasteiger partial charge in [-0.2, -0.15) is 0 Å². The second-order valence-corrected chi connectivity index (χ2v) is 6.20. The second-order valence-electron chi connectivity index (χ2n) is 6.20. The average molecular weight is 366 g/mol. The average Bonchev–Trinajstić information content (AvgIpc) is 2.80. The predicted octanol–water partition coefficient (Wildman–Crippen LogP) is 2.42. The Morgan fingerprint density at radius 1 is 1.19 bits per heavy atom. The Morgan fingerprint density at radius 2 is 1.89 bits per heavy atom. The number of nitrogens with one attached hydrogen (secondary N) is 1. The lowest BCUT2D eigenvalue weighted by atomic mass is 10.1. The van der Waals surface area contributed by atoms with E-state index >= 15 is 0 Å². The molecule has 7 nitrogen and oxygen atoms in total. The molecule has 2 amide bonds. The largest absolute Gasteiger partial charge is 0.452 e. The van der Waals surface area contributed by atoms with Gasteiger partial charge in [-0.1, -0.05) is 24.3 Å². The van der Waals surface area contributed by atoms with Gasteiger partial charge in [0.15, 0.2) is 6.61 Å². The molecular weight excluding hydrogens is 348 g/mol. The summed E-state index contributed by atoms with van der Waals surface area (Å²) in [5.74, 6) is -1.27. The SMILES string of the molecule is C[C@@H]1CC(=O)Nc2ccccc2N1C(=O)COC(=O)c1ccc(C=O)cc1. The lowest BCUT2D eigenvalue weighted by Gasteiger charge is -2.27. The molecule has 1 aliphatic heterocycles. The van der Waals surface area contributed by atoms with E-state index in [9.17, 15) is 19.2 Å². The zero-order chi connectivity index (χ0) is 19.4. The summed E-state index contributed by atoms with van der Waals surface area (Å²) in [6, 6.07) is 12.5. The molecule has 0 fully saturated rings. The number of fused-ring (bicyclic) bond motifs is 1. The lowest BCUT2D eigenvalue weighted by molar-refractivity contribution is -0.122. The molecular formula is C20H18N2O5. The number of hydrogen-bond donors (Lipinski definition) is 1. The molecule has 27 heavy (non-hydrogen) atoms. The number of amides is 2. The van der Waals surface area contributed by atoms with Crippen LogP contribution in [-0.4, -0.2) is 36.7 Å². The van der Waals surface area contributed by atoms with Gasteiger partial charge in [0, 0.05) is 18.0 Å². The highest BCUT2D eigenvalue weighted by molar-refractivity contribution is 6.05. The summed E-state index contributed by atoms with van der Waals surface area (Å²) in [6.07, 6.45) is 0.813. The van der Waals surface area contributed by atoms with Crippen LogP contribution in [0.1, 0.15) is 34.1 Å². The fourth-order valence-electron chi connectivity index (χ4n) is 2.95. The number of carbonyl (C=O) groups is 4. The molecule has 0 unspecified atom stereocenters. The van der Waals surface area contributed by atoms with Crippen LogP contribution in [0.15, 0.2) is 48.5 Å². The maximum absolute atomic E-state index is 12.7. The first kappa shape index (κ1) is 18.3. The quantitative estimate of drug-likeness (QED) is 0.663. The van der Waals surface area contributed by atoms with Gasteiger partial charge in [0.25, 0.3) is 5.91 Å². The third kappa shape index (κ3) is 4.03. The van der Waals surface area contributed by atoms with Crippen molar-refractivity contribution in [2.75, 3.05) is 16.8 Å². The van der Waals surface area contributed by atoms with Gasteiger partial charge in [-0.3, -0.25) is 14.4 Å². The Bertz CT molecular complexity index is 892. The smallest absolute Gasteiger partial charge is 0.338 e. The van der Waals surface area contributed by atoms with E-state index in [0.717, 1.165) is 0 Å². The molecule has 2 aromatic carbocycles. The monoisotopic (exact) mass is 366 g/mol. The fraction of sp³-hybridized carbons (Fsp3) is 0.200. The Balaban J connectivity index is 1.73. The van der Waals surface area contributed by atoms with Crippen LogP contribution < -0.4 is 10.2 Å². The molecule has 0 radical (unpaired) electrons. The van der Waals surface area contributed by atoms with Gasteiger partial charge in [-0.15, -0.1) is 0 Å². The molecule has 1 N–H and O–H groups in total. The molecule has 0 aromatic heterocycles. The van der Waals surface area contributed by atoms with Crippen molar-refractivity contribution in [3.8, 4) is 0 Å². The number of para-hydroxylation sites is 2. The molecule has 1 heterocycles. The third-order valence-corrected chi connectivity index (χ3v) is 4.24. The maximum atomic E-state index is 12.7. The Hall–Kier alpha value is -3.48. The minimum atomic E-state index is -0.661. The van der Waals surface area contributed by atoms with E-state index in [2.05, 4.69) is 5.32 Å². The zero-order valence-corrected chi connectivity index (χ0v) is 14.7. The summed E-state index contributed by atoms with van der Waals surface area (Å²) >= 11 is 0. The first-order chi connectivity index (χ1) is 13.0. The van der Waals surface area contributed by atoms with Crippen molar-refractivity contribution in [3.63, 3.8) is 0 Å². The van der Waals surface area contributed by atoms with Gasteiger partial charge in [0.1, 0.15) is 6.29 Å². The summed E-state index contributed by atoms with van der Waals surface area (Å²) in [5, 5.41) is 2.77. The van der Waals surface area contributed by atoms with Gasteiger partial charge in [-0.05, 0) is 31.2 Å². The van der Waals surface area contributed by atoms with Crippen LogP contribution in [0.3, 0.4) is 0 Å². The van der Waals surface area contributed by atoms with Gasteiger partial charge < -0.3 is 15.0 Å². The number of benzene rings is 2. The fourth-order valence-corrected chi connectivity index (χ4v) is 2.95. The van der Waals surface area contributed by atoms with E-state index in [1.807, 2.05) is 0 Å². The molecule has 0 aliphatic carbocycles. The zero-order valence-electron chi connectivity index (χ0n) is 14.7. The number of rotatable bonds is 4. The standard InChI is InChI=1S/C20H18N2O5/c1-13-10-18(24)21-16-4-2-3-5-17(16)22(13)19(25)12-27-20(26)15-8-6-14(11-23)7-9-15/h2-9,11,13H,10,12H2,1H3,(H,21,24)/t13-/m1/s1. The number of ether oxygens (including phenoxy) is 1. The molecule has 1 aliphatic rings. The maximum Gasteiger partial charge on any atom is 0.338 e. The van der Waals surface area contributed by atoms with Gasteiger partial charge in [-0.25, -0.2) is 4.79 Å². The van der Waals surface area contributed by atoms with Crippen molar-refractivity contribution >= 4 is 35.4 Å². The van der Waals surface area contributed by atoms with Crippen LogP contribution in [0.4, 0.5) is 11.4 Å². The van der Waals surface area contributed by atoms with Crippen molar-refractivity contribution in [3.05, 3.63) is 59.7 Å². The van der Waals surface area contributed by atoms with Crippen molar-refractivity contribution < 1.29 is 23.9 Å². The minimum Gasteiger partial charge on any atom is -0.452 e. The first-order valence-electron chi connectivity index (χ1n) is 8.43. The van der Waals surface area contributed by atoms with Crippen LogP contribution >= 0.6 is 0 Å². The highest BCUT2D eigenvalue weighted by atomic mass is 16.5. The number of hydrogen-bond acceptors (Lipinski definition) is 5. The molecule has 2 aromatic rings. The van der Waals surface area contributed by atoms with Crippen LogP contribution in [0, 0.1) is 0 Å². The molecule has 0 saturated carbocycles. The van der Waals surface area contributed by atoms with E-state index in [-0.39, 0.29) is 23.9 Å². The van der Waals surface area contributed by atoms with Gasteiger partial charge in [0.2, 0.25) is 5.91 Å². The summed E-state index contributed by atoms with van der Waals surface area (Å²) in [7, 11) is 0. The summed E-state index contributed by atoms with van der Waals surface area (Å²) in [4.78, 5) is 49.0. The topological polar surface area (TPSA) is 92.8 Å². The van der Waals surface area contributed by atoms with Crippen LogP contribution in [0.5, 0.6) is 0 Å². The molecule has 0 bridgehead atoms. The van der Waals surface area contributed by atoms with Gasteiger partial charge >= 0.3 is 5.97 Å². The van der Waals surface area contributed by atoms with Crippen molar-refractivity contribution in [1.82, 2.24) is 0 Å². The van der Waals surface area contributed by atoms with Crippen LogP contribution in [-0.2, 0) is 14.3 Å². The third-order valence-electron chi connectivity index (χ3n) is 4.24. The molecule has 7 heteroatoms. The van der Waals surface area contributed by atoms with E-state index in [1.165, 1.54) is 29.2 Å². The van der Waals surface area contributed by atoms with Crippen LogP contribution in [0.25, 0.3) is 0 Å². The second kappa shape index (κ2) is 7.82. The predicted molar refractivity (Wildman–Crippen MR) is 98.7 cm³/mol. The van der Waals surface area contributed by atoms with E-state index in [1.54, 1.807) is 31.2 Å². The van der Waals surface area contributed by atoms with E-state index in [4.69, 9.17) is 4.74 Å². The highest BCUT2D eigenvalue weighted by Crippen LogP contribution is 2.31. The Labute approximate surface area is 155 Å². The first-order valence-corrected chi connectivity index (χ1v) is 8.43. The van der Waals surface area contributed by atoms with Crippen LogP contribution in [0.2, 0.25) is 0 Å². The Kier molecular flexibility index (Phi) is 5.30. The molecule has 0 saturated heterocycles. The number of esters is 1. The lowest BCUT2D eigenvalue weighted by Crippen LogP contribution is -2.41. The van der Waals surface area contributed by atoms with Gasteiger partial charge in [0.05, 0.1) is 16.9 Å². The number of carbonyl (C=O) groups excluding carboxylic acids is 4. The van der Waals surface area contributed by atoms with Crippen molar-refractivity contribution in [2.45, 2.75) is 19.4 Å². The molecule has 3 rings (SSSR count). The summed E-state index contributed by atoms with van der Waals surface area (Å²) in [5.41, 5.74) is 1.78. The van der Waals surface area contributed by atoms with Crippen molar-refractivity contribution in [1.29, 1.82) is 0 Å². The summed E-state index contributed by atoms with van der Waals surface area (Å²) < 4.78 is 5.12. The van der Waals surface area contributed by atoms with Crippen molar-refractivity contribution in [2.24, 2.45) is 0 Å². The number of aldehydes is 1. The molecule has 1 atom stereocenters. The number of nitrogens with zero attached hydrogens (tertiary/aromatic N) is 1. The normalized spacial score (nSPS) is 16.0. The van der Waals surface area contributed by atoms with E-state index < -0.39 is 18.5 Å².